The van der Waals surface area contributed by atoms with E-state index >= 15 is 0 Å². The summed E-state index contributed by atoms with van der Waals surface area (Å²) >= 11 is 0. The van der Waals surface area contributed by atoms with E-state index in [4.69, 9.17) is 15.2 Å². The molecule has 3 rings (SSSR count). The third-order valence-corrected chi connectivity index (χ3v) is 7.85. The highest BCUT2D eigenvalue weighted by Gasteiger charge is 2.49. The van der Waals surface area contributed by atoms with E-state index in [1.54, 1.807) is 0 Å². The van der Waals surface area contributed by atoms with E-state index in [0.717, 1.165) is 16.8 Å². The molecule has 0 radical (unpaired) electrons. The minimum Gasteiger partial charge on any atom is -0.394 e. The fourth-order valence-electron chi connectivity index (χ4n) is 3.40. The summed E-state index contributed by atoms with van der Waals surface area (Å²) in [6, 6.07) is -0.556. The highest BCUT2D eigenvalue weighted by Crippen LogP contribution is 2.61. The molecule has 36 heavy (non-hydrogen) atoms. The fourth-order valence-corrected chi connectivity index (χ4v) is 5.56. The van der Waals surface area contributed by atoms with Crippen molar-refractivity contribution >= 4 is 15.6 Å². The Labute approximate surface area is 200 Å². The Morgan fingerprint density at radius 1 is 1.00 bits per heavy atom. The Bertz CT molecular complexity index is 1130. The summed E-state index contributed by atoms with van der Waals surface area (Å²) in [5.41, 5.74) is 3.80. The standard InChI is InChI=1S/C15H25N3O16P2/c16-8-9(21)5(3-19)32-14(11(8)23)33-36(28,29)34-35(26,27)30-4-6-10(22)12(24)13(31-6)18-2-1-7(20)17-15(18)25/h1-2,5-6,8-14,19,21-24H,3-4,16H2,(H,26,27)(H,28,29)(H,17,20,25)/t5?,6-,8?,9?,10-,11?,12-,13-,14?/m1/s1. The van der Waals surface area contributed by atoms with Gasteiger partial charge >= 0.3 is 21.3 Å². The minimum absolute atomic E-state index is 0.733. The highest BCUT2D eigenvalue weighted by molar-refractivity contribution is 7.61. The third kappa shape index (κ3) is 6.54. The van der Waals surface area contributed by atoms with E-state index in [2.05, 4.69) is 13.4 Å². The first-order valence-electron chi connectivity index (χ1n) is 10.1. The van der Waals surface area contributed by atoms with E-state index < -0.39 is 95.3 Å². The molecule has 206 valence electrons. The van der Waals surface area contributed by atoms with Crippen molar-refractivity contribution in [3.8, 4) is 0 Å². The summed E-state index contributed by atoms with van der Waals surface area (Å²) in [6.07, 6.45) is -12.6. The minimum atomic E-state index is -5.54. The zero-order chi connectivity index (χ0) is 27.0. The van der Waals surface area contributed by atoms with Crippen LogP contribution in [0.25, 0.3) is 0 Å². The predicted octanol–water partition coefficient (Wildman–Crippen LogP) is -4.83. The number of phosphoric ester groups is 2. The number of nitrogens with two attached hydrogens (primary N) is 1. The van der Waals surface area contributed by atoms with Crippen LogP contribution in [0, 0.1) is 0 Å². The average Bonchev–Trinajstić information content (AvgIpc) is 3.06. The van der Waals surface area contributed by atoms with Crippen molar-refractivity contribution in [2.45, 2.75) is 55.2 Å². The van der Waals surface area contributed by atoms with Gasteiger partial charge in [-0.3, -0.25) is 23.4 Å². The summed E-state index contributed by atoms with van der Waals surface area (Å²) in [6.45, 7) is -1.83. The first-order valence-corrected chi connectivity index (χ1v) is 13.1. The van der Waals surface area contributed by atoms with Crippen LogP contribution in [-0.2, 0) is 32.0 Å². The number of H-pyrrole nitrogens is 1. The van der Waals surface area contributed by atoms with Gasteiger partial charge in [-0.1, -0.05) is 0 Å². The van der Waals surface area contributed by atoms with Gasteiger partial charge in [-0.25, -0.2) is 13.9 Å². The van der Waals surface area contributed by atoms with Crippen molar-refractivity contribution < 1.29 is 67.3 Å². The van der Waals surface area contributed by atoms with Crippen LogP contribution in [0.15, 0.2) is 21.9 Å². The average molecular weight is 565 g/mol. The zero-order valence-electron chi connectivity index (χ0n) is 18.0. The van der Waals surface area contributed by atoms with Crippen LogP contribution >= 0.6 is 15.6 Å². The highest BCUT2D eigenvalue weighted by atomic mass is 31.3. The monoisotopic (exact) mass is 565 g/mol. The lowest BCUT2D eigenvalue weighted by Gasteiger charge is -2.40. The quantitative estimate of drug-likeness (QED) is 0.127. The number of hydrogen-bond donors (Lipinski definition) is 9. The van der Waals surface area contributed by atoms with E-state index in [0.29, 0.717) is 0 Å². The van der Waals surface area contributed by atoms with Crippen molar-refractivity contribution in [3.05, 3.63) is 33.1 Å². The molecule has 2 fully saturated rings. The van der Waals surface area contributed by atoms with Crippen LogP contribution < -0.4 is 17.0 Å². The molecule has 0 bridgehead atoms. The van der Waals surface area contributed by atoms with Gasteiger partial charge in [0.1, 0.15) is 36.6 Å². The molecule has 0 spiro atoms. The molecule has 2 aliphatic rings. The number of nitrogens with zero attached hydrogens (tertiary/aromatic N) is 1. The SMILES string of the molecule is NC1C(O)C(CO)OC(OP(=O)(O)OP(=O)(O)OC[C@H]2O[C@@H](n3ccc(=O)[nH]c3=O)[C@H](O)[C@@H]2O)C1O. The summed E-state index contributed by atoms with van der Waals surface area (Å²) in [4.78, 5) is 44.6. The fraction of sp³-hybridized carbons (Fsp3) is 0.733. The molecule has 21 heteroatoms. The molecular weight excluding hydrogens is 540 g/mol. The topological polar surface area (TPSA) is 303 Å². The molecule has 0 aliphatic carbocycles. The van der Waals surface area contributed by atoms with Crippen LogP contribution in [0.1, 0.15) is 6.23 Å². The van der Waals surface area contributed by atoms with Crippen molar-refractivity contribution in [1.29, 1.82) is 0 Å². The van der Waals surface area contributed by atoms with Crippen molar-refractivity contribution in [2.75, 3.05) is 13.2 Å². The molecule has 0 saturated carbocycles. The third-order valence-electron chi connectivity index (χ3n) is 5.25. The molecule has 0 amide bonds. The van der Waals surface area contributed by atoms with Crippen molar-refractivity contribution in [3.63, 3.8) is 0 Å². The lowest BCUT2D eigenvalue weighted by molar-refractivity contribution is -0.251. The maximum atomic E-state index is 12.2. The van der Waals surface area contributed by atoms with Gasteiger partial charge in [-0.2, -0.15) is 4.31 Å². The molecule has 0 aromatic carbocycles. The van der Waals surface area contributed by atoms with Gasteiger partial charge in [0.25, 0.3) is 5.56 Å². The van der Waals surface area contributed by atoms with Crippen LogP contribution in [0.2, 0.25) is 0 Å². The zero-order valence-corrected chi connectivity index (χ0v) is 19.8. The summed E-state index contributed by atoms with van der Waals surface area (Å²) in [7, 11) is -11.0. The number of rotatable bonds is 9. The second-order valence-electron chi connectivity index (χ2n) is 7.77. The smallest absolute Gasteiger partial charge is 0.394 e. The van der Waals surface area contributed by atoms with Crippen LogP contribution in [0.4, 0.5) is 0 Å². The van der Waals surface area contributed by atoms with E-state index in [1.165, 1.54) is 0 Å². The normalized spacial score (nSPS) is 38.4. The van der Waals surface area contributed by atoms with Gasteiger partial charge in [-0.05, 0) is 0 Å². The van der Waals surface area contributed by atoms with Gasteiger partial charge < -0.3 is 50.5 Å². The van der Waals surface area contributed by atoms with E-state index in [-0.39, 0.29) is 0 Å². The predicted molar refractivity (Wildman–Crippen MR) is 111 cm³/mol. The maximum absolute atomic E-state index is 12.2. The molecule has 3 heterocycles. The number of ether oxygens (including phenoxy) is 2. The number of nitrogens with one attached hydrogen (secondary N) is 1. The lowest BCUT2D eigenvalue weighted by Crippen LogP contribution is -2.62. The molecule has 1 aromatic rings. The van der Waals surface area contributed by atoms with Crippen LogP contribution in [-0.4, -0.2) is 107 Å². The van der Waals surface area contributed by atoms with E-state index in [9.17, 15) is 54.0 Å². The van der Waals surface area contributed by atoms with Crippen LogP contribution in [0.3, 0.4) is 0 Å². The molecule has 10 N–H and O–H groups in total. The first-order chi connectivity index (χ1) is 16.7. The molecule has 19 nitrogen and oxygen atoms in total. The molecular formula is C15H25N3O16P2. The Balaban J connectivity index is 1.61. The summed E-state index contributed by atoms with van der Waals surface area (Å²) in [5.74, 6) is 0. The second-order valence-corrected chi connectivity index (χ2v) is 10.8. The number of aromatic nitrogens is 2. The van der Waals surface area contributed by atoms with Crippen molar-refractivity contribution in [2.24, 2.45) is 5.73 Å². The van der Waals surface area contributed by atoms with Gasteiger partial charge in [0.2, 0.25) is 0 Å². The lowest BCUT2D eigenvalue weighted by atomic mass is 9.97. The van der Waals surface area contributed by atoms with Gasteiger partial charge in [0.05, 0.1) is 19.3 Å². The number of aliphatic hydroxyl groups is 5. The van der Waals surface area contributed by atoms with Crippen LogP contribution in [0.5, 0.6) is 0 Å². The Morgan fingerprint density at radius 2 is 1.67 bits per heavy atom. The largest absolute Gasteiger partial charge is 0.483 e. The Morgan fingerprint density at radius 3 is 2.28 bits per heavy atom. The number of aliphatic hydroxyl groups excluding tert-OH is 5. The number of phosphoric acid groups is 2. The van der Waals surface area contributed by atoms with E-state index in [1.807, 2.05) is 4.98 Å². The molecule has 2 saturated heterocycles. The van der Waals surface area contributed by atoms with Gasteiger partial charge in [-0.15, -0.1) is 0 Å². The second kappa shape index (κ2) is 11.2. The Kier molecular flexibility index (Phi) is 9.05. The molecule has 1 aromatic heterocycles. The number of aromatic amines is 1. The molecule has 7 unspecified atom stereocenters. The molecule has 2 aliphatic heterocycles. The summed E-state index contributed by atoms with van der Waals surface area (Å²) < 4.78 is 48.4. The molecule has 11 atom stereocenters. The first kappa shape index (κ1) is 29.2. The summed E-state index contributed by atoms with van der Waals surface area (Å²) in [5, 5.41) is 49.2. The Hall–Kier alpha value is -1.38. The maximum Gasteiger partial charge on any atom is 0.483 e. The number of hydrogen-bond acceptors (Lipinski definition) is 15. The van der Waals surface area contributed by atoms with Crippen molar-refractivity contribution in [1.82, 2.24) is 9.55 Å². The van der Waals surface area contributed by atoms with Gasteiger partial charge in [0.15, 0.2) is 12.5 Å². The van der Waals surface area contributed by atoms with Gasteiger partial charge in [0, 0.05) is 12.3 Å².